The standard InChI is InChI=1S/C13H27/c1-3-5-7-9-11-13-12-10-8-6-4-2/h11H,3-10,12-13H2,1-2H3. The van der Waals surface area contributed by atoms with Gasteiger partial charge in [-0.15, -0.1) is 0 Å². The zero-order valence-corrected chi connectivity index (χ0v) is 9.65. The van der Waals surface area contributed by atoms with Crippen molar-refractivity contribution in [3.8, 4) is 0 Å². The van der Waals surface area contributed by atoms with E-state index in [1.807, 2.05) is 0 Å². The van der Waals surface area contributed by atoms with Crippen LogP contribution in [0.4, 0.5) is 0 Å². The smallest absolute Gasteiger partial charge is 0.0386 e. The van der Waals surface area contributed by atoms with Crippen molar-refractivity contribution in [3.63, 3.8) is 0 Å². The minimum atomic E-state index is 1.35. The van der Waals surface area contributed by atoms with E-state index in [4.69, 9.17) is 0 Å². The molecule has 0 N–H and O–H groups in total. The van der Waals surface area contributed by atoms with Crippen molar-refractivity contribution in [3.05, 3.63) is 6.42 Å². The molecule has 0 amide bonds. The minimum Gasteiger partial charge on any atom is -0.0654 e. The number of hydrogen-bond donors (Lipinski definition) is 0. The molecule has 0 atom stereocenters. The van der Waals surface area contributed by atoms with Gasteiger partial charge in [0, 0.05) is 0 Å². The van der Waals surface area contributed by atoms with Gasteiger partial charge in [0.05, 0.1) is 0 Å². The maximum Gasteiger partial charge on any atom is -0.0386 e. The highest BCUT2D eigenvalue weighted by Crippen LogP contribution is 2.09. The second-order valence-electron chi connectivity index (χ2n) is 3.99. The van der Waals surface area contributed by atoms with Crippen molar-refractivity contribution in [2.45, 2.75) is 78.1 Å². The summed E-state index contributed by atoms with van der Waals surface area (Å²) in [6.45, 7) is 4.54. The third-order valence-electron chi connectivity index (χ3n) is 2.52. The summed E-state index contributed by atoms with van der Waals surface area (Å²) in [7, 11) is 0. The topological polar surface area (TPSA) is 0 Å². The predicted molar refractivity (Wildman–Crippen MR) is 61.8 cm³/mol. The molecule has 0 bridgehead atoms. The molecule has 13 heavy (non-hydrogen) atoms. The van der Waals surface area contributed by atoms with Crippen LogP contribution in [-0.2, 0) is 0 Å². The van der Waals surface area contributed by atoms with Crippen LogP contribution >= 0.6 is 0 Å². The van der Waals surface area contributed by atoms with E-state index in [2.05, 4.69) is 20.3 Å². The van der Waals surface area contributed by atoms with Gasteiger partial charge >= 0.3 is 0 Å². The van der Waals surface area contributed by atoms with Crippen LogP contribution in [0.5, 0.6) is 0 Å². The van der Waals surface area contributed by atoms with Gasteiger partial charge < -0.3 is 0 Å². The van der Waals surface area contributed by atoms with E-state index < -0.39 is 0 Å². The van der Waals surface area contributed by atoms with Gasteiger partial charge in [-0.05, 0) is 6.42 Å². The summed E-state index contributed by atoms with van der Waals surface area (Å²) < 4.78 is 0. The Labute approximate surface area is 85.1 Å². The molecule has 0 aromatic heterocycles. The first-order valence-corrected chi connectivity index (χ1v) is 6.23. The molecule has 1 radical (unpaired) electrons. The lowest BCUT2D eigenvalue weighted by molar-refractivity contribution is 0.612. The summed E-state index contributed by atoms with van der Waals surface area (Å²) >= 11 is 0. The van der Waals surface area contributed by atoms with Crippen molar-refractivity contribution in [1.29, 1.82) is 0 Å². The van der Waals surface area contributed by atoms with E-state index in [1.54, 1.807) is 0 Å². The quantitative estimate of drug-likeness (QED) is 0.412. The van der Waals surface area contributed by atoms with Crippen molar-refractivity contribution in [2.24, 2.45) is 0 Å². The van der Waals surface area contributed by atoms with E-state index in [-0.39, 0.29) is 0 Å². The Bertz CT molecular complexity index is 66.1. The summed E-state index contributed by atoms with van der Waals surface area (Å²) in [4.78, 5) is 0. The number of rotatable bonds is 10. The molecule has 0 unspecified atom stereocenters. The SMILES string of the molecule is CCCCC[CH]CCCCCCC. The normalized spacial score (nSPS) is 10.6. The van der Waals surface area contributed by atoms with Crippen LogP contribution < -0.4 is 0 Å². The Balaban J connectivity index is 2.76. The lowest BCUT2D eigenvalue weighted by Gasteiger charge is -2.00. The van der Waals surface area contributed by atoms with Crippen LogP contribution in [0.25, 0.3) is 0 Å². The van der Waals surface area contributed by atoms with Gasteiger partial charge in [0.15, 0.2) is 0 Å². The predicted octanol–water partition coefficient (Wildman–Crippen LogP) is 5.13. The highest BCUT2D eigenvalue weighted by Gasteiger charge is 1.91. The summed E-state index contributed by atoms with van der Waals surface area (Å²) in [5.41, 5.74) is 0. The maximum absolute atomic E-state index is 2.49. The Kier molecular flexibility index (Phi) is 12.0. The van der Waals surface area contributed by atoms with Gasteiger partial charge in [-0.2, -0.15) is 0 Å². The Hall–Kier alpha value is 0. The molecule has 0 aliphatic heterocycles. The van der Waals surface area contributed by atoms with Crippen LogP contribution in [0.3, 0.4) is 0 Å². The van der Waals surface area contributed by atoms with Crippen LogP contribution in [-0.4, -0.2) is 0 Å². The molecular formula is C13H27. The first-order valence-electron chi connectivity index (χ1n) is 6.23. The van der Waals surface area contributed by atoms with Crippen molar-refractivity contribution in [1.82, 2.24) is 0 Å². The largest absolute Gasteiger partial charge is 0.0654 e. The molecule has 0 saturated heterocycles. The zero-order valence-electron chi connectivity index (χ0n) is 9.65. The van der Waals surface area contributed by atoms with Crippen LogP contribution in [0, 0.1) is 6.42 Å². The molecular weight excluding hydrogens is 156 g/mol. The van der Waals surface area contributed by atoms with Gasteiger partial charge in [0.1, 0.15) is 0 Å². The lowest BCUT2D eigenvalue weighted by atomic mass is 10.1. The third-order valence-corrected chi connectivity index (χ3v) is 2.52. The fourth-order valence-corrected chi connectivity index (χ4v) is 1.58. The monoisotopic (exact) mass is 183 g/mol. The summed E-state index contributed by atoms with van der Waals surface area (Å²) in [6, 6.07) is 0. The third kappa shape index (κ3) is 12.0. The first-order chi connectivity index (χ1) is 6.41. The van der Waals surface area contributed by atoms with E-state index in [9.17, 15) is 0 Å². The molecule has 0 saturated carbocycles. The second-order valence-corrected chi connectivity index (χ2v) is 3.99. The molecule has 0 aliphatic rings. The van der Waals surface area contributed by atoms with Gasteiger partial charge in [-0.25, -0.2) is 0 Å². The van der Waals surface area contributed by atoms with Crippen molar-refractivity contribution >= 4 is 0 Å². The summed E-state index contributed by atoms with van der Waals surface area (Å²) in [5, 5.41) is 0. The van der Waals surface area contributed by atoms with Gasteiger partial charge in [-0.3, -0.25) is 0 Å². The second kappa shape index (κ2) is 12.0. The highest BCUT2D eigenvalue weighted by atomic mass is 14.0. The Morgan fingerprint density at radius 3 is 1.69 bits per heavy atom. The molecule has 0 heteroatoms. The average molecular weight is 183 g/mol. The zero-order chi connectivity index (χ0) is 9.78. The first kappa shape index (κ1) is 13.0. The fourth-order valence-electron chi connectivity index (χ4n) is 1.58. The van der Waals surface area contributed by atoms with Crippen LogP contribution in [0.1, 0.15) is 78.1 Å². The molecule has 0 spiro atoms. The van der Waals surface area contributed by atoms with Crippen molar-refractivity contribution < 1.29 is 0 Å². The molecule has 0 nitrogen and oxygen atoms in total. The molecule has 0 aromatic rings. The summed E-state index contributed by atoms with van der Waals surface area (Å²) in [5.74, 6) is 0. The van der Waals surface area contributed by atoms with Gasteiger partial charge in [0.2, 0.25) is 0 Å². The number of unbranched alkanes of at least 4 members (excludes halogenated alkanes) is 10. The number of hydrogen-bond acceptors (Lipinski definition) is 0. The average Bonchev–Trinajstić information content (AvgIpc) is 2.16. The molecule has 79 valence electrons. The van der Waals surface area contributed by atoms with Crippen molar-refractivity contribution in [2.75, 3.05) is 0 Å². The maximum atomic E-state index is 2.49. The van der Waals surface area contributed by atoms with Crippen LogP contribution in [0.15, 0.2) is 0 Å². The van der Waals surface area contributed by atoms with Gasteiger partial charge in [0.25, 0.3) is 0 Å². The molecule has 0 heterocycles. The van der Waals surface area contributed by atoms with E-state index in [1.165, 1.54) is 64.2 Å². The molecule has 0 rings (SSSR count). The summed E-state index contributed by atoms with van der Waals surface area (Å²) in [6.07, 6.45) is 16.5. The molecule has 0 fully saturated rings. The van der Waals surface area contributed by atoms with E-state index in [0.29, 0.717) is 0 Å². The van der Waals surface area contributed by atoms with Gasteiger partial charge in [-0.1, -0.05) is 78.1 Å². The lowest BCUT2D eigenvalue weighted by Crippen LogP contribution is -1.81. The fraction of sp³-hybridized carbons (Fsp3) is 0.923. The Morgan fingerprint density at radius 1 is 0.615 bits per heavy atom. The van der Waals surface area contributed by atoms with Crippen LogP contribution in [0.2, 0.25) is 0 Å². The Morgan fingerprint density at radius 2 is 1.08 bits per heavy atom. The molecule has 0 aromatic carbocycles. The molecule has 0 aliphatic carbocycles. The highest BCUT2D eigenvalue weighted by molar-refractivity contribution is 4.64. The van der Waals surface area contributed by atoms with E-state index in [0.717, 1.165) is 0 Å². The van der Waals surface area contributed by atoms with E-state index >= 15 is 0 Å². The minimum absolute atomic E-state index is 1.35.